The van der Waals surface area contributed by atoms with Gasteiger partial charge in [0.25, 0.3) is 5.91 Å². The van der Waals surface area contributed by atoms with Crippen molar-refractivity contribution in [1.29, 1.82) is 0 Å². The van der Waals surface area contributed by atoms with Gasteiger partial charge in [-0.1, -0.05) is 32.0 Å². The van der Waals surface area contributed by atoms with Gasteiger partial charge in [0.05, 0.1) is 0 Å². The predicted molar refractivity (Wildman–Crippen MR) is 80.0 cm³/mol. The Bertz CT molecular complexity index is 635. The number of aromatic nitrogens is 2. The lowest BCUT2D eigenvalue weighted by Gasteiger charge is -2.14. The van der Waals surface area contributed by atoms with Gasteiger partial charge in [-0.25, -0.2) is 9.97 Å². The van der Waals surface area contributed by atoms with E-state index in [1.807, 2.05) is 38.1 Å². The molecule has 0 bridgehead atoms. The summed E-state index contributed by atoms with van der Waals surface area (Å²) in [4.78, 5) is 20.5. The van der Waals surface area contributed by atoms with Crippen LogP contribution < -0.4 is 5.32 Å². The molecule has 1 aromatic carbocycles. The number of nitrogens with one attached hydrogen (secondary N) is 1. The predicted octanol–water partition coefficient (Wildman–Crippen LogP) is 3.47. The maximum absolute atomic E-state index is 12.4. The molecule has 0 aliphatic carbocycles. The molecule has 0 unspecified atom stereocenters. The van der Waals surface area contributed by atoms with Crippen LogP contribution in [0.15, 0.2) is 30.6 Å². The molecule has 1 N–H and O–H groups in total. The van der Waals surface area contributed by atoms with Gasteiger partial charge >= 0.3 is 0 Å². The standard InChI is InChI=1S/C16H19N3O/c1-10(2)13-7-5-6-8-14(13)19-16(20)15-11(3)12(4)17-9-18-15/h5-10H,1-4H3,(H,19,20). The highest BCUT2D eigenvalue weighted by molar-refractivity contribution is 6.04. The Kier molecular flexibility index (Phi) is 4.13. The third-order valence-electron chi connectivity index (χ3n) is 3.38. The molecule has 0 saturated heterocycles. The number of amides is 1. The summed E-state index contributed by atoms with van der Waals surface area (Å²) in [6.07, 6.45) is 1.42. The molecule has 1 amide bonds. The first kappa shape index (κ1) is 14.2. The van der Waals surface area contributed by atoms with E-state index in [0.29, 0.717) is 11.6 Å². The van der Waals surface area contributed by atoms with Gasteiger partial charge in [0, 0.05) is 16.9 Å². The number of nitrogens with zero attached hydrogens (tertiary/aromatic N) is 2. The van der Waals surface area contributed by atoms with Crippen molar-refractivity contribution in [3.63, 3.8) is 0 Å². The number of hydrogen-bond acceptors (Lipinski definition) is 3. The zero-order valence-electron chi connectivity index (χ0n) is 12.3. The molecule has 4 heteroatoms. The Balaban J connectivity index is 2.31. The number of aryl methyl sites for hydroxylation is 1. The van der Waals surface area contributed by atoms with Crippen LogP contribution in [0.3, 0.4) is 0 Å². The van der Waals surface area contributed by atoms with Crippen LogP contribution in [-0.4, -0.2) is 15.9 Å². The molecule has 20 heavy (non-hydrogen) atoms. The molecule has 0 aliphatic heterocycles. The van der Waals surface area contributed by atoms with E-state index in [1.165, 1.54) is 6.33 Å². The molecule has 2 aromatic rings. The zero-order chi connectivity index (χ0) is 14.7. The van der Waals surface area contributed by atoms with Gasteiger partial charge in [-0.15, -0.1) is 0 Å². The Morgan fingerprint density at radius 1 is 1.15 bits per heavy atom. The summed E-state index contributed by atoms with van der Waals surface area (Å²) in [6, 6.07) is 7.83. The van der Waals surface area contributed by atoms with Crippen molar-refractivity contribution in [2.24, 2.45) is 0 Å². The number of benzene rings is 1. The Hall–Kier alpha value is -2.23. The minimum atomic E-state index is -0.193. The second-order valence-electron chi connectivity index (χ2n) is 5.13. The van der Waals surface area contributed by atoms with Crippen molar-refractivity contribution < 1.29 is 4.79 Å². The second kappa shape index (κ2) is 5.82. The first-order valence-electron chi connectivity index (χ1n) is 6.69. The van der Waals surface area contributed by atoms with Crippen LogP contribution in [0.4, 0.5) is 5.69 Å². The highest BCUT2D eigenvalue weighted by Gasteiger charge is 2.15. The number of hydrogen-bond donors (Lipinski definition) is 1. The maximum atomic E-state index is 12.4. The van der Waals surface area contributed by atoms with E-state index in [9.17, 15) is 4.79 Å². The van der Waals surface area contributed by atoms with Crippen molar-refractivity contribution in [2.45, 2.75) is 33.6 Å². The molecule has 1 heterocycles. The summed E-state index contributed by atoms with van der Waals surface area (Å²) in [5, 5.41) is 2.95. The van der Waals surface area contributed by atoms with E-state index in [4.69, 9.17) is 0 Å². The SMILES string of the molecule is Cc1ncnc(C(=O)Nc2ccccc2C(C)C)c1C. The molecule has 104 valence electrons. The maximum Gasteiger partial charge on any atom is 0.274 e. The van der Waals surface area contributed by atoms with Gasteiger partial charge in [-0.3, -0.25) is 4.79 Å². The van der Waals surface area contributed by atoms with Gasteiger partial charge in [-0.2, -0.15) is 0 Å². The number of anilines is 1. The first-order valence-corrected chi connectivity index (χ1v) is 6.69. The average molecular weight is 269 g/mol. The Morgan fingerprint density at radius 2 is 1.85 bits per heavy atom. The summed E-state index contributed by atoms with van der Waals surface area (Å²) in [6.45, 7) is 7.94. The monoisotopic (exact) mass is 269 g/mol. The van der Waals surface area contributed by atoms with Crippen LogP contribution in [-0.2, 0) is 0 Å². The van der Waals surface area contributed by atoms with E-state index in [1.54, 1.807) is 0 Å². The summed E-state index contributed by atoms with van der Waals surface area (Å²) >= 11 is 0. The lowest BCUT2D eigenvalue weighted by atomic mass is 10.0. The van der Waals surface area contributed by atoms with E-state index >= 15 is 0 Å². The molecule has 4 nitrogen and oxygen atoms in total. The van der Waals surface area contributed by atoms with Crippen molar-refractivity contribution in [3.8, 4) is 0 Å². The van der Waals surface area contributed by atoms with Crippen LogP contribution in [0.25, 0.3) is 0 Å². The molecule has 0 saturated carbocycles. The number of carbonyl (C=O) groups excluding carboxylic acids is 1. The molecule has 0 spiro atoms. The average Bonchev–Trinajstić information content (AvgIpc) is 2.42. The minimum absolute atomic E-state index is 0.193. The van der Waals surface area contributed by atoms with Crippen molar-refractivity contribution in [1.82, 2.24) is 9.97 Å². The van der Waals surface area contributed by atoms with Crippen LogP contribution in [0.1, 0.15) is 47.1 Å². The van der Waals surface area contributed by atoms with Crippen LogP contribution >= 0.6 is 0 Å². The van der Waals surface area contributed by atoms with E-state index in [0.717, 1.165) is 22.5 Å². The van der Waals surface area contributed by atoms with E-state index in [-0.39, 0.29) is 5.91 Å². The zero-order valence-corrected chi connectivity index (χ0v) is 12.3. The first-order chi connectivity index (χ1) is 9.50. The minimum Gasteiger partial charge on any atom is -0.320 e. The lowest BCUT2D eigenvalue weighted by molar-refractivity contribution is 0.102. The number of rotatable bonds is 3. The van der Waals surface area contributed by atoms with Crippen molar-refractivity contribution >= 4 is 11.6 Å². The summed E-state index contributed by atoms with van der Waals surface area (Å²) in [5.74, 6) is 0.154. The van der Waals surface area contributed by atoms with Crippen molar-refractivity contribution in [2.75, 3.05) is 5.32 Å². The fourth-order valence-electron chi connectivity index (χ4n) is 2.06. The molecular weight excluding hydrogens is 250 g/mol. The molecule has 0 radical (unpaired) electrons. The van der Waals surface area contributed by atoms with E-state index in [2.05, 4.69) is 29.1 Å². The Morgan fingerprint density at radius 3 is 2.55 bits per heavy atom. The van der Waals surface area contributed by atoms with Crippen LogP contribution in [0, 0.1) is 13.8 Å². The van der Waals surface area contributed by atoms with Gasteiger partial charge in [-0.05, 0) is 31.4 Å². The van der Waals surface area contributed by atoms with Gasteiger partial charge in [0.1, 0.15) is 12.0 Å². The lowest BCUT2D eigenvalue weighted by Crippen LogP contribution is -2.17. The van der Waals surface area contributed by atoms with Gasteiger partial charge in [0.15, 0.2) is 0 Å². The number of para-hydroxylation sites is 1. The van der Waals surface area contributed by atoms with Gasteiger partial charge in [0.2, 0.25) is 0 Å². The number of carbonyl (C=O) groups is 1. The van der Waals surface area contributed by atoms with Gasteiger partial charge < -0.3 is 5.32 Å². The highest BCUT2D eigenvalue weighted by Crippen LogP contribution is 2.24. The Labute approximate surface area is 119 Å². The summed E-state index contributed by atoms with van der Waals surface area (Å²) in [5.41, 5.74) is 4.01. The third-order valence-corrected chi connectivity index (χ3v) is 3.38. The van der Waals surface area contributed by atoms with E-state index < -0.39 is 0 Å². The second-order valence-corrected chi connectivity index (χ2v) is 5.13. The van der Waals surface area contributed by atoms with Crippen LogP contribution in [0.2, 0.25) is 0 Å². The largest absolute Gasteiger partial charge is 0.320 e. The molecule has 2 rings (SSSR count). The highest BCUT2D eigenvalue weighted by atomic mass is 16.1. The molecule has 0 aliphatic rings. The van der Waals surface area contributed by atoms with Crippen molar-refractivity contribution in [3.05, 3.63) is 53.1 Å². The smallest absolute Gasteiger partial charge is 0.274 e. The molecule has 0 fully saturated rings. The fraction of sp³-hybridized carbons (Fsp3) is 0.312. The topological polar surface area (TPSA) is 54.9 Å². The third kappa shape index (κ3) is 2.85. The molecule has 0 atom stereocenters. The quantitative estimate of drug-likeness (QED) is 0.928. The molecule has 1 aromatic heterocycles. The summed E-state index contributed by atoms with van der Waals surface area (Å²) < 4.78 is 0. The van der Waals surface area contributed by atoms with Crippen LogP contribution in [0.5, 0.6) is 0 Å². The normalized spacial score (nSPS) is 10.7. The molecular formula is C16H19N3O. The fourth-order valence-corrected chi connectivity index (χ4v) is 2.06. The summed E-state index contributed by atoms with van der Waals surface area (Å²) in [7, 11) is 0.